The van der Waals surface area contributed by atoms with Crippen molar-refractivity contribution in [2.45, 2.75) is 20.0 Å². The normalized spacial score (nSPS) is 10.2. The molecule has 2 amide bonds. The fraction of sp³-hybridized carbons (Fsp3) is 0.429. The Hall–Kier alpha value is -1.73. The van der Waals surface area contributed by atoms with Crippen molar-refractivity contribution in [3.8, 4) is 5.75 Å². The predicted molar refractivity (Wildman–Crippen MR) is 83.3 cm³/mol. The topological polar surface area (TPSA) is 102 Å². The Morgan fingerprint density at radius 3 is 2.81 bits per heavy atom. The number of primary amides is 1. The number of nitrogens with one attached hydrogen (secondary N) is 1. The van der Waals surface area contributed by atoms with E-state index < -0.39 is 0 Å². The number of nitrogens with two attached hydrogens (primary N) is 1. The Morgan fingerprint density at radius 2 is 2.19 bits per heavy atom. The van der Waals surface area contributed by atoms with Crippen LogP contribution in [0.4, 0.5) is 5.69 Å². The van der Waals surface area contributed by atoms with Crippen LogP contribution in [0.25, 0.3) is 0 Å². The third-order valence-corrected chi connectivity index (χ3v) is 3.51. The molecule has 1 rings (SSSR count). The quantitative estimate of drug-likeness (QED) is 0.593. The highest BCUT2D eigenvalue weighted by molar-refractivity contribution is 7.99. The first-order chi connectivity index (χ1) is 10.1. The number of benzene rings is 1. The van der Waals surface area contributed by atoms with Crippen molar-refractivity contribution < 1.29 is 19.4 Å². The lowest BCUT2D eigenvalue weighted by Crippen LogP contribution is -2.15. The van der Waals surface area contributed by atoms with E-state index in [4.69, 9.17) is 10.5 Å². The van der Waals surface area contributed by atoms with Crippen molar-refractivity contribution in [2.24, 2.45) is 5.73 Å². The van der Waals surface area contributed by atoms with Gasteiger partial charge >= 0.3 is 0 Å². The molecule has 0 heterocycles. The SMILES string of the molecule is CCOc1ccc(NC(=O)CCSCC(N)=O)cc1CO. The van der Waals surface area contributed by atoms with E-state index in [0.29, 0.717) is 35.8 Å². The number of anilines is 1. The van der Waals surface area contributed by atoms with Crippen molar-refractivity contribution in [3.05, 3.63) is 23.8 Å². The van der Waals surface area contributed by atoms with Gasteiger partial charge in [0.1, 0.15) is 5.75 Å². The van der Waals surface area contributed by atoms with Crippen LogP contribution in [0.3, 0.4) is 0 Å². The van der Waals surface area contributed by atoms with Crippen LogP contribution in [0.2, 0.25) is 0 Å². The second-order valence-electron chi connectivity index (χ2n) is 4.23. The summed E-state index contributed by atoms with van der Waals surface area (Å²) in [5.41, 5.74) is 6.23. The molecule has 0 aliphatic rings. The minimum atomic E-state index is -0.389. The van der Waals surface area contributed by atoms with Crippen LogP contribution in [-0.4, -0.2) is 35.0 Å². The summed E-state index contributed by atoms with van der Waals surface area (Å²) in [6, 6.07) is 5.12. The van der Waals surface area contributed by atoms with Gasteiger partial charge in [0.15, 0.2) is 0 Å². The average molecular weight is 312 g/mol. The fourth-order valence-corrected chi connectivity index (χ4v) is 2.31. The molecule has 6 nitrogen and oxygen atoms in total. The lowest BCUT2D eigenvalue weighted by molar-refractivity contribution is -0.116. The molecule has 1 aromatic rings. The molecule has 0 aliphatic carbocycles. The number of hydrogen-bond acceptors (Lipinski definition) is 5. The number of hydrogen-bond donors (Lipinski definition) is 3. The van der Waals surface area contributed by atoms with E-state index in [9.17, 15) is 14.7 Å². The zero-order valence-corrected chi connectivity index (χ0v) is 12.7. The maximum absolute atomic E-state index is 11.7. The number of ether oxygens (including phenoxy) is 1. The molecule has 7 heteroatoms. The first kappa shape index (κ1) is 17.3. The number of amides is 2. The largest absolute Gasteiger partial charge is 0.494 e. The summed E-state index contributed by atoms with van der Waals surface area (Å²) in [5.74, 6) is 0.804. The Kier molecular flexibility index (Phi) is 7.63. The highest BCUT2D eigenvalue weighted by Gasteiger charge is 2.07. The van der Waals surface area contributed by atoms with Crippen LogP contribution in [0.15, 0.2) is 18.2 Å². The Morgan fingerprint density at radius 1 is 1.43 bits per heavy atom. The van der Waals surface area contributed by atoms with Gasteiger partial charge < -0.3 is 20.9 Å². The van der Waals surface area contributed by atoms with Crippen LogP contribution in [0, 0.1) is 0 Å². The summed E-state index contributed by atoms with van der Waals surface area (Å²) in [5, 5.41) is 12.0. The Labute approximate surface area is 128 Å². The van der Waals surface area contributed by atoms with Gasteiger partial charge in [0.25, 0.3) is 0 Å². The number of aliphatic hydroxyl groups excluding tert-OH is 1. The smallest absolute Gasteiger partial charge is 0.227 e. The number of aliphatic hydroxyl groups is 1. The standard InChI is InChI=1S/C14H20N2O4S/c1-2-20-12-4-3-11(7-10(12)8-17)16-14(19)5-6-21-9-13(15)18/h3-4,7,17H,2,5-6,8-9H2,1H3,(H2,15,18)(H,16,19). The molecular formula is C14H20N2O4S. The van der Waals surface area contributed by atoms with Crippen molar-refractivity contribution in [2.75, 3.05) is 23.4 Å². The highest BCUT2D eigenvalue weighted by Crippen LogP contribution is 2.23. The summed E-state index contributed by atoms with van der Waals surface area (Å²) in [6.07, 6.45) is 0.291. The summed E-state index contributed by atoms with van der Waals surface area (Å²) >= 11 is 1.32. The van der Waals surface area contributed by atoms with Gasteiger partial charge in [-0.15, -0.1) is 0 Å². The molecule has 0 spiro atoms. The van der Waals surface area contributed by atoms with E-state index in [1.165, 1.54) is 11.8 Å². The molecule has 4 N–H and O–H groups in total. The number of thioether (sulfide) groups is 1. The van der Waals surface area contributed by atoms with Gasteiger partial charge in [-0.3, -0.25) is 9.59 Å². The van der Waals surface area contributed by atoms with Gasteiger partial charge in [-0.25, -0.2) is 0 Å². The molecule has 0 saturated heterocycles. The minimum Gasteiger partial charge on any atom is -0.494 e. The molecule has 0 atom stereocenters. The monoisotopic (exact) mass is 312 g/mol. The molecule has 1 aromatic carbocycles. The lowest BCUT2D eigenvalue weighted by atomic mass is 10.2. The van der Waals surface area contributed by atoms with Gasteiger partial charge in [-0.05, 0) is 25.1 Å². The van der Waals surface area contributed by atoms with E-state index in [2.05, 4.69) is 5.32 Å². The van der Waals surface area contributed by atoms with Crippen molar-refractivity contribution in [1.29, 1.82) is 0 Å². The average Bonchev–Trinajstić information content (AvgIpc) is 2.45. The molecule has 0 fully saturated rings. The molecule has 21 heavy (non-hydrogen) atoms. The predicted octanol–water partition coefficient (Wildman–Crippen LogP) is 1.12. The molecule has 0 aliphatic heterocycles. The molecule has 0 bridgehead atoms. The summed E-state index contributed by atoms with van der Waals surface area (Å²) in [6.45, 7) is 2.21. The van der Waals surface area contributed by atoms with Crippen molar-refractivity contribution in [1.82, 2.24) is 0 Å². The van der Waals surface area contributed by atoms with Crippen LogP contribution in [-0.2, 0) is 16.2 Å². The molecule has 0 saturated carbocycles. The summed E-state index contributed by atoms with van der Waals surface area (Å²) in [7, 11) is 0. The first-order valence-corrected chi connectivity index (χ1v) is 7.74. The van der Waals surface area contributed by atoms with E-state index in [1.807, 2.05) is 6.92 Å². The number of carbonyl (C=O) groups is 2. The van der Waals surface area contributed by atoms with Gasteiger partial charge in [0, 0.05) is 23.4 Å². The van der Waals surface area contributed by atoms with Crippen LogP contribution in [0.1, 0.15) is 18.9 Å². The van der Waals surface area contributed by atoms with E-state index in [1.54, 1.807) is 18.2 Å². The first-order valence-electron chi connectivity index (χ1n) is 6.59. The molecule has 0 unspecified atom stereocenters. The third kappa shape index (κ3) is 6.50. The molecule has 0 radical (unpaired) electrons. The maximum atomic E-state index is 11.7. The molecule has 116 valence electrons. The van der Waals surface area contributed by atoms with Crippen molar-refractivity contribution in [3.63, 3.8) is 0 Å². The van der Waals surface area contributed by atoms with Gasteiger partial charge in [0.05, 0.1) is 19.0 Å². The number of carbonyl (C=O) groups excluding carboxylic acids is 2. The van der Waals surface area contributed by atoms with Crippen LogP contribution < -0.4 is 15.8 Å². The van der Waals surface area contributed by atoms with Gasteiger partial charge in [0.2, 0.25) is 11.8 Å². The minimum absolute atomic E-state index is 0.153. The lowest BCUT2D eigenvalue weighted by Gasteiger charge is -2.11. The fourth-order valence-electron chi connectivity index (χ4n) is 1.64. The Bertz CT molecular complexity index is 494. The zero-order valence-electron chi connectivity index (χ0n) is 11.9. The molecular weight excluding hydrogens is 292 g/mol. The van der Waals surface area contributed by atoms with Gasteiger partial charge in [-0.2, -0.15) is 11.8 Å². The van der Waals surface area contributed by atoms with Crippen LogP contribution >= 0.6 is 11.8 Å². The summed E-state index contributed by atoms with van der Waals surface area (Å²) in [4.78, 5) is 22.3. The third-order valence-electron chi connectivity index (χ3n) is 2.53. The second-order valence-corrected chi connectivity index (χ2v) is 5.34. The van der Waals surface area contributed by atoms with Gasteiger partial charge in [-0.1, -0.05) is 0 Å². The Balaban J connectivity index is 2.50. The van der Waals surface area contributed by atoms with Crippen molar-refractivity contribution >= 4 is 29.3 Å². The van der Waals surface area contributed by atoms with E-state index >= 15 is 0 Å². The summed E-state index contributed by atoms with van der Waals surface area (Å²) < 4.78 is 5.37. The maximum Gasteiger partial charge on any atom is 0.227 e. The zero-order chi connectivity index (χ0) is 15.7. The molecule has 0 aromatic heterocycles. The highest BCUT2D eigenvalue weighted by atomic mass is 32.2. The van der Waals surface area contributed by atoms with E-state index in [0.717, 1.165) is 0 Å². The van der Waals surface area contributed by atoms with Crippen LogP contribution in [0.5, 0.6) is 5.75 Å². The van der Waals surface area contributed by atoms with E-state index in [-0.39, 0.29) is 24.2 Å². The second kappa shape index (κ2) is 9.25. The number of rotatable bonds is 9.